The van der Waals surface area contributed by atoms with Crippen LogP contribution < -0.4 is 4.90 Å². The number of pyridine rings is 1. The van der Waals surface area contributed by atoms with Crippen LogP contribution in [-0.2, 0) is 11.3 Å². The van der Waals surface area contributed by atoms with E-state index in [1.807, 2.05) is 0 Å². The fourth-order valence-electron chi connectivity index (χ4n) is 4.61. The van der Waals surface area contributed by atoms with Crippen molar-refractivity contribution in [2.75, 3.05) is 25.2 Å². The van der Waals surface area contributed by atoms with E-state index < -0.39 is 0 Å². The van der Waals surface area contributed by atoms with E-state index >= 15 is 0 Å². The molecule has 1 aromatic carbocycles. The van der Waals surface area contributed by atoms with Crippen molar-refractivity contribution in [2.24, 2.45) is 0 Å². The summed E-state index contributed by atoms with van der Waals surface area (Å²) in [4.78, 5) is 7.34. The fourth-order valence-corrected chi connectivity index (χ4v) is 4.61. The van der Waals surface area contributed by atoms with Gasteiger partial charge in [0.05, 0.1) is 18.7 Å². The molecule has 2 aromatic rings. The van der Waals surface area contributed by atoms with Crippen LogP contribution in [-0.4, -0.2) is 36.4 Å². The van der Waals surface area contributed by atoms with Gasteiger partial charge in [-0.2, -0.15) is 0 Å². The summed E-state index contributed by atoms with van der Waals surface area (Å²) in [5.74, 6) is 0. The lowest BCUT2D eigenvalue weighted by Crippen LogP contribution is -2.29. The lowest BCUT2D eigenvalue weighted by molar-refractivity contribution is 0.225. The highest BCUT2D eigenvalue weighted by Crippen LogP contribution is 2.35. The van der Waals surface area contributed by atoms with Crippen LogP contribution in [0.2, 0.25) is 0 Å². The van der Waals surface area contributed by atoms with Crippen LogP contribution in [0.1, 0.15) is 62.8 Å². The summed E-state index contributed by atoms with van der Waals surface area (Å²) in [6.45, 7) is 10.4. The van der Waals surface area contributed by atoms with Gasteiger partial charge in [0.1, 0.15) is 0 Å². The summed E-state index contributed by atoms with van der Waals surface area (Å²) in [5, 5.41) is 10.9. The lowest BCUT2D eigenvalue weighted by atomic mass is 10.0. The molecule has 0 unspecified atom stereocenters. The zero-order valence-electron chi connectivity index (χ0n) is 19.9. The zero-order chi connectivity index (χ0) is 22.4. The number of aliphatic hydroxyl groups excluding tert-OH is 1. The monoisotopic (exact) mass is 422 g/mol. The minimum absolute atomic E-state index is 0.0589. The fraction of sp³-hybridized carbons (Fsp3) is 0.519. The molecule has 0 amide bonds. The maximum Gasteiger partial charge on any atom is 0.0729 e. The summed E-state index contributed by atoms with van der Waals surface area (Å²) in [6.07, 6.45) is 10.5. The molecule has 0 saturated carbocycles. The Balaban J connectivity index is 1.76. The molecule has 31 heavy (non-hydrogen) atoms. The molecule has 1 saturated heterocycles. The zero-order valence-corrected chi connectivity index (χ0v) is 19.9. The summed E-state index contributed by atoms with van der Waals surface area (Å²) >= 11 is 0. The van der Waals surface area contributed by atoms with E-state index in [1.54, 1.807) is 7.11 Å². The molecular formula is C27H38N2O2. The molecule has 0 aliphatic carbocycles. The first-order chi connectivity index (χ1) is 14.9. The molecule has 1 aliphatic rings. The highest BCUT2D eigenvalue weighted by atomic mass is 16.5. The van der Waals surface area contributed by atoms with Crippen LogP contribution in [0, 0.1) is 13.8 Å². The number of hydrogen-bond donors (Lipinski definition) is 1. The number of aryl methyl sites for hydroxylation is 2. The number of ether oxygens (including phenoxy) is 1. The summed E-state index contributed by atoms with van der Waals surface area (Å²) in [6, 6.07) is 7.02. The van der Waals surface area contributed by atoms with Crippen molar-refractivity contribution in [3.63, 3.8) is 0 Å². The van der Waals surface area contributed by atoms with E-state index in [-0.39, 0.29) is 6.61 Å². The van der Waals surface area contributed by atoms with Crippen molar-refractivity contribution < 1.29 is 9.84 Å². The standard InChI is InChI=1S/C27H38N2O2/c1-19(8-6-9-20(2)18-31-5)11-12-24-10-7-13-29(24)27-15-22(4)28-26-16-23(17-30)21(3)14-25(26)27/h9,11,14-16,24,30H,6-8,10,12-13,17-18H2,1-5H3/t24-/m0/s1. The Labute approximate surface area is 187 Å². The average Bonchev–Trinajstić information content (AvgIpc) is 3.20. The SMILES string of the molecule is COCC(C)=CCCC(C)=CC[C@@H]1CCCN1c1cc(C)nc2cc(CO)c(C)cc12. The molecule has 168 valence electrons. The molecular weight excluding hydrogens is 384 g/mol. The normalized spacial score (nSPS) is 17.7. The summed E-state index contributed by atoms with van der Waals surface area (Å²) in [5.41, 5.74) is 8.17. The number of aliphatic hydroxyl groups is 1. The number of methoxy groups -OCH3 is 1. The van der Waals surface area contributed by atoms with E-state index in [0.717, 1.165) is 54.8 Å². The van der Waals surface area contributed by atoms with E-state index in [0.29, 0.717) is 6.04 Å². The Kier molecular flexibility index (Phi) is 8.28. The largest absolute Gasteiger partial charge is 0.392 e. The molecule has 4 nitrogen and oxygen atoms in total. The van der Waals surface area contributed by atoms with Crippen molar-refractivity contribution in [3.05, 3.63) is 58.3 Å². The van der Waals surface area contributed by atoms with Gasteiger partial charge in [0, 0.05) is 36.5 Å². The first kappa shape index (κ1) is 23.5. The van der Waals surface area contributed by atoms with Crippen molar-refractivity contribution in [1.82, 2.24) is 4.98 Å². The average molecular weight is 423 g/mol. The second-order valence-electron chi connectivity index (χ2n) is 9.03. The number of benzene rings is 1. The van der Waals surface area contributed by atoms with E-state index in [2.05, 4.69) is 62.9 Å². The van der Waals surface area contributed by atoms with Gasteiger partial charge in [-0.1, -0.05) is 23.3 Å². The van der Waals surface area contributed by atoms with Crippen LogP contribution in [0.5, 0.6) is 0 Å². The molecule has 4 heteroatoms. The van der Waals surface area contributed by atoms with Gasteiger partial charge in [0.25, 0.3) is 0 Å². The van der Waals surface area contributed by atoms with Crippen molar-refractivity contribution in [1.29, 1.82) is 0 Å². The highest BCUT2D eigenvalue weighted by Gasteiger charge is 2.26. The van der Waals surface area contributed by atoms with E-state index in [9.17, 15) is 5.11 Å². The molecule has 1 aliphatic heterocycles. The first-order valence-corrected chi connectivity index (χ1v) is 11.5. The summed E-state index contributed by atoms with van der Waals surface area (Å²) in [7, 11) is 1.75. The predicted molar refractivity (Wildman–Crippen MR) is 131 cm³/mol. The van der Waals surface area contributed by atoms with Crippen LogP contribution in [0.3, 0.4) is 0 Å². The Hall–Kier alpha value is -2.17. The number of fused-ring (bicyclic) bond motifs is 1. The van der Waals surface area contributed by atoms with Gasteiger partial charge in [0.15, 0.2) is 0 Å². The van der Waals surface area contributed by atoms with Crippen molar-refractivity contribution in [2.45, 2.75) is 72.4 Å². The van der Waals surface area contributed by atoms with Gasteiger partial charge in [-0.15, -0.1) is 0 Å². The quantitative estimate of drug-likeness (QED) is 0.502. The Morgan fingerprint density at radius 2 is 2.00 bits per heavy atom. The van der Waals surface area contributed by atoms with Crippen LogP contribution in [0.4, 0.5) is 5.69 Å². The van der Waals surface area contributed by atoms with Gasteiger partial charge in [-0.3, -0.25) is 4.98 Å². The molecule has 1 aromatic heterocycles. The smallest absolute Gasteiger partial charge is 0.0729 e. The number of anilines is 1. The number of allylic oxidation sites excluding steroid dienone is 2. The van der Waals surface area contributed by atoms with Crippen LogP contribution >= 0.6 is 0 Å². The van der Waals surface area contributed by atoms with Crippen LogP contribution in [0.15, 0.2) is 41.5 Å². The third-order valence-corrected chi connectivity index (χ3v) is 6.37. The van der Waals surface area contributed by atoms with Crippen molar-refractivity contribution in [3.8, 4) is 0 Å². The Morgan fingerprint density at radius 1 is 1.19 bits per heavy atom. The molecule has 0 spiro atoms. The number of hydrogen-bond acceptors (Lipinski definition) is 4. The van der Waals surface area contributed by atoms with E-state index in [4.69, 9.17) is 9.72 Å². The highest BCUT2D eigenvalue weighted by molar-refractivity contribution is 5.93. The van der Waals surface area contributed by atoms with Crippen molar-refractivity contribution >= 4 is 16.6 Å². The first-order valence-electron chi connectivity index (χ1n) is 11.5. The summed E-state index contributed by atoms with van der Waals surface area (Å²) < 4.78 is 5.18. The molecule has 1 atom stereocenters. The maximum atomic E-state index is 9.66. The number of aromatic nitrogens is 1. The molecule has 1 N–H and O–H groups in total. The number of rotatable bonds is 9. The Morgan fingerprint density at radius 3 is 2.74 bits per heavy atom. The van der Waals surface area contributed by atoms with Gasteiger partial charge < -0.3 is 14.7 Å². The van der Waals surface area contributed by atoms with Gasteiger partial charge >= 0.3 is 0 Å². The molecule has 1 fully saturated rings. The molecule has 2 heterocycles. The molecule has 0 bridgehead atoms. The topological polar surface area (TPSA) is 45.6 Å². The second kappa shape index (κ2) is 10.9. The van der Waals surface area contributed by atoms with Gasteiger partial charge in [-0.05, 0) is 89.1 Å². The van der Waals surface area contributed by atoms with Crippen LogP contribution in [0.25, 0.3) is 10.9 Å². The van der Waals surface area contributed by atoms with Gasteiger partial charge in [0.2, 0.25) is 0 Å². The third kappa shape index (κ3) is 5.96. The maximum absolute atomic E-state index is 9.66. The third-order valence-electron chi connectivity index (χ3n) is 6.37. The second-order valence-corrected chi connectivity index (χ2v) is 9.03. The predicted octanol–water partition coefficient (Wildman–Crippen LogP) is 6.02. The number of nitrogens with zero attached hydrogens (tertiary/aromatic N) is 2. The lowest BCUT2D eigenvalue weighted by Gasteiger charge is -2.28. The minimum Gasteiger partial charge on any atom is -0.392 e. The van der Waals surface area contributed by atoms with E-state index in [1.165, 1.54) is 35.1 Å². The molecule has 0 radical (unpaired) electrons. The molecule has 3 rings (SSSR count). The van der Waals surface area contributed by atoms with Gasteiger partial charge in [-0.25, -0.2) is 0 Å². The minimum atomic E-state index is 0.0589. The Bertz CT molecular complexity index is 961.